The number of allylic oxidation sites excluding steroid dienone is 14. The van der Waals surface area contributed by atoms with Crippen LogP contribution in [0.25, 0.3) is 0 Å². The fourth-order valence-corrected chi connectivity index (χ4v) is 7.03. The molecule has 0 aliphatic heterocycles. The van der Waals surface area contributed by atoms with Gasteiger partial charge in [0.1, 0.15) is 6.61 Å². The van der Waals surface area contributed by atoms with Gasteiger partial charge in [-0.1, -0.05) is 195 Å². The number of hydrogen-bond donors (Lipinski definition) is 2. The molecule has 0 aliphatic rings. The van der Waals surface area contributed by atoms with Gasteiger partial charge in [-0.25, -0.2) is 4.57 Å². The molecular weight excluding hydrogens is 786 g/mol. The largest absolute Gasteiger partial charge is 0.472 e. The first kappa shape index (κ1) is 58.2. The second-order valence-corrected chi connectivity index (χ2v) is 17.1. The Labute approximate surface area is 373 Å². The van der Waals surface area contributed by atoms with Crippen molar-refractivity contribution in [2.24, 2.45) is 5.73 Å². The Kier molecular flexibility index (Phi) is 44.5. The van der Waals surface area contributed by atoms with Gasteiger partial charge in [-0.15, -0.1) is 0 Å². The molecule has 61 heavy (non-hydrogen) atoms. The predicted octanol–water partition coefficient (Wildman–Crippen LogP) is 14.4. The first-order chi connectivity index (χ1) is 29.8. The number of carbonyl (C=O) groups excluding carboxylic acids is 2. The zero-order valence-electron chi connectivity index (χ0n) is 38.6. The van der Waals surface area contributed by atoms with Crippen molar-refractivity contribution in [3.8, 4) is 0 Å². The summed E-state index contributed by atoms with van der Waals surface area (Å²) < 4.78 is 32.8. The smallest absolute Gasteiger partial charge is 0.462 e. The van der Waals surface area contributed by atoms with Crippen molar-refractivity contribution in [3.05, 3.63) is 85.1 Å². The van der Waals surface area contributed by atoms with Crippen molar-refractivity contribution in [1.82, 2.24) is 0 Å². The van der Waals surface area contributed by atoms with Crippen molar-refractivity contribution in [1.29, 1.82) is 0 Å². The number of unbranched alkanes of at least 4 members (excludes halogenated alkanes) is 17. The lowest BCUT2D eigenvalue weighted by Gasteiger charge is -2.19. The van der Waals surface area contributed by atoms with Crippen LogP contribution in [0.4, 0.5) is 0 Å². The standard InChI is InChI=1S/C51H88NO8P/c1-3-5-7-9-11-13-15-17-18-19-20-21-22-23-24-25-26-27-28-29-30-32-34-36-38-40-42-44-51(54)60-49(48-59-61(55,56)58-46-45-52)47-57-50(53)43-41-39-37-35-33-31-16-14-12-10-8-6-4-2/h5,7,11,13,17-18,20-21,23-24,26-27,29-30,49H,3-4,6,8-10,12,14-16,19,22,25,28,31-48,52H2,1-2H3,(H,55,56)/b7-5-,13-11-,18-17-,21-20-,24-23-,27-26-,30-29-. The van der Waals surface area contributed by atoms with Crippen LogP contribution in [-0.4, -0.2) is 49.3 Å². The highest BCUT2D eigenvalue weighted by molar-refractivity contribution is 7.47. The molecule has 0 saturated carbocycles. The normalized spacial score (nSPS) is 14.0. The van der Waals surface area contributed by atoms with Gasteiger partial charge >= 0.3 is 19.8 Å². The lowest BCUT2D eigenvalue weighted by atomic mass is 10.0. The molecule has 0 rings (SSSR count). The van der Waals surface area contributed by atoms with Gasteiger partial charge in [-0.2, -0.15) is 0 Å². The molecule has 0 aromatic rings. The van der Waals surface area contributed by atoms with E-state index in [1.54, 1.807) is 0 Å². The lowest BCUT2D eigenvalue weighted by molar-refractivity contribution is -0.161. The summed E-state index contributed by atoms with van der Waals surface area (Å²) >= 11 is 0. The number of phosphoric ester groups is 1. The van der Waals surface area contributed by atoms with Gasteiger partial charge in [0.2, 0.25) is 0 Å². The van der Waals surface area contributed by atoms with E-state index in [0.29, 0.717) is 6.42 Å². The van der Waals surface area contributed by atoms with Crippen LogP contribution in [0.3, 0.4) is 0 Å². The zero-order valence-corrected chi connectivity index (χ0v) is 39.5. The van der Waals surface area contributed by atoms with E-state index in [4.69, 9.17) is 24.3 Å². The molecule has 10 heteroatoms. The van der Waals surface area contributed by atoms with Gasteiger partial charge < -0.3 is 20.1 Å². The monoisotopic (exact) mass is 874 g/mol. The third-order valence-corrected chi connectivity index (χ3v) is 10.8. The number of carbonyl (C=O) groups is 2. The van der Waals surface area contributed by atoms with Crippen LogP contribution < -0.4 is 5.73 Å². The highest BCUT2D eigenvalue weighted by Crippen LogP contribution is 2.43. The van der Waals surface area contributed by atoms with Crippen molar-refractivity contribution in [2.75, 3.05) is 26.4 Å². The Hall–Kier alpha value is -2.81. The van der Waals surface area contributed by atoms with Gasteiger partial charge in [-0.3, -0.25) is 18.6 Å². The second kappa shape index (κ2) is 46.7. The number of rotatable bonds is 44. The minimum Gasteiger partial charge on any atom is -0.462 e. The summed E-state index contributed by atoms with van der Waals surface area (Å²) in [4.78, 5) is 34.9. The van der Waals surface area contributed by atoms with Crippen LogP contribution in [0.15, 0.2) is 85.1 Å². The Bertz CT molecular complexity index is 1270. The van der Waals surface area contributed by atoms with Crippen LogP contribution in [0.2, 0.25) is 0 Å². The van der Waals surface area contributed by atoms with Crippen molar-refractivity contribution in [2.45, 2.75) is 200 Å². The maximum atomic E-state index is 12.6. The molecule has 0 aromatic heterocycles. The van der Waals surface area contributed by atoms with Crippen molar-refractivity contribution < 1.29 is 37.6 Å². The van der Waals surface area contributed by atoms with Crippen LogP contribution in [0.1, 0.15) is 194 Å². The molecule has 3 N–H and O–H groups in total. The summed E-state index contributed by atoms with van der Waals surface area (Å²) in [6, 6.07) is 0. The molecule has 0 radical (unpaired) electrons. The van der Waals surface area contributed by atoms with Crippen molar-refractivity contribution >= 4 is 19.8 Å². The van der Waals surface area contributed by atoms with Crippen LogP contribution in [-0.2, 0) is 32.7 Å². The second-order valence-electron chi connectivity index (χ2n) is 15.6. The minimum absolute atomic E-state index is 0.0465. The maximum absolute atomic E-state index is 12.6. The summed E-state index contributed by atoms with van der Waals surface area (Å²) in [6.45, 7) is 3.59. The Balaban J connectivity index is 4.13. The summed E-state index contributed by atoms with van der Waals surface area (Å²) in [5.74, 6) is -0.853. The predicted molar refractivity (Wildman–Crippen MR) is 256 cm³/mol. The van der Waals surface area contributed by atoms with Crippen LogP contribution in [0, 0.1) is 0 Å². The van der Waals surface area contributed by atoms with Crippen molar-refractivity contribution in [3.63, 3.8) is 0 Å². The lowest BCUT2D eigenvalue weighted by Crippen LogP contribution is -2.29. The van der Waals surface area contributed by atoms with E-state index in [1.807, 2.05) is 0 Å². The first-order valence-corrected chi connectivity index (χ1v) is 25.6. The van der Waals surface area contributed by atoms with E-state index >= 15 is 0 Å². The third-order valence-electron chi connectivity index (χ3n) is 9.80. The topological polar surface area (TPSA) is 134 Å². The molecule has 2 atom stereocenters. The fraction of sp³-hybridized carbons (Fsp3) is 0.686. The van der Waals surface area contributed by atoms with Gasteiger partial charge in [0.15, 0.2) is 6.10 Å². The highest BCUT2D eigenvalue weighted by atomic mass is 31.2. The number of ether oxygens (including phenoxy) is 2. The molecule has 350 valence electrons. The molecule has 0 amide bonds. The molecule has 2 unspecified atom stereocenters. The average molecular weight is 874 g/mol. The van der Waals surface area contributed by atoms with E-state index in [9.17, 15) is 19.0 Å². The average Bonchev–Trinajstić information content (AvgIpc) is 3.25. The van der Waals surface area contributed by atoms with Gasteiger partial charge in [0.05, 0.1) is 13.2 Å². The maximum Gasteiger partial charge on any atom is 0.472 e. The summed E-state index contributed by atoms with van der Waals surface area (Å²) in [6.07, 6.45) is 59.0. The first-order valence-electron chi connectivity index (χ1n) is 24.1. The van der Waals surface area contributed by atoms with Gasteiger partial charge in [0.25, 0.3) is 0 Å². The summed E-state index contributed by atoms with van der Waals surface area (Å²) in [5.41, 5.74) is 5.35. The van der Waals surface area contributed by atoms with Gasteiger partial charge in [-0.05, 0) is 70.6 Å². The quantitative estimate of drug-likeness (QED) is 0.0265. The third kappa shape index (κ3) is 46.5. The number of hydrogen-bond acceptors (Lipinski definition) is 8. The van der Waals surface area contributed by atoms with E-state index < -0.39 is 26.5 Å². The molecule has 0 spiro atoms. The Morgan fingerprint density at radius 3 is 1.34 bits per heavy atom. The minimum atomic E-state index is -4.39. The Morgan fingerprint density at radius 2 is 0.902 bits per heavy atom. The number of phosphoric acid groups is 1. The molecule has 0 heterocycles. The van der Waals surface area contributed by atoms with E-state index in [2.05, 4.69) is 98.9 Å². The van der Waals surface area contributed by atoms with Gasteiger partial charge in [0, 0.05) is 19.4 Å². The molecule has 0 aromatic carbocycles. The summed E-state index contributed by atoms with van der Waals surface area (Å²) in [5, 5.41) is 0. The molecule has 0 saturated heterocycles. The number of nitrogens with two attached hydrogens (primary N) is 1. The molecular formula is C51H88NO8P. The van der Waals surface area contributed by atoms with E-state index in [1.165, 1.54) is 64.2 Å². The van der Waals surface area contributed by atoms with Crippen LogP contribution in [0.5, 0.6) is 0 Å². The van der Waals surface area contributed by atoms with Crippen LogP contribution >= 0.6 is 7.82 Å². The zero-order chi connectivity index (χ0) is 44.6. The van der Waals surface area contributed by atoms with E-state index in [-0.39, 0.29) is 38.6 Å². The number of esters is 2. The molecule has 9 nitrogen and oxygen atoms in total. The molecule has 0 bridgehead atoms. The SMILES string of the molecule is CC/C=C\C/C=C\C/C=C\C/C=C\C/C=C\C/C=C\C/C=C\CCCCCCCC(=O)OC(COC(=O)CCCCCCCCCCCCCCC)COP(=O)(O)OCCN. The highest BCUT2D eigenvalue weighted by Gasteiger charge is 2.26. The van der Waals surface area contributed by atoms with E-state index in [0.717, 1.165) is 96.3 Å². The Morgan fingerprint density at radius 1 is 0.508 bits per heavy atom. The summed E-state index contributed by atoms with van der Waals surface area (Å²) in [7, 11) is -4.39. The fourth-order valence-electron chi connectivity index (χ4n) is 6.26. The molecule has 0 aliphatic carbocycles. The molecule has 0 fully saturated rings.